The van der Waals surface area contributed by atoms with Crippen molar-refractivity contribution in [2.45, 2.75) is 65.1 Å². The molecule has 0 bridgehead atoms. The van der Waals surface area contributed by atoms with E-state index in [-0.39, 0.29) is 17.1 Å². The molecule has 2 saturated heterocycles. The molecule has 3 aliphatic heterocycles. The fourth-order valence-corrected chi connectivity index (χ4v) is 6.83. The van der Waals surface area contributed by atoms with E-state index in [0.29, 0.717) is 66.5 Å². The van der Waals surface area contributed by atoms with Gasteiger partial charge in [0.25, 0.3) is 0 Å². The van der Waals surface area contributed by atoms with Crippen molar-refractivity contribution in [2.24, 2.45) is 15.8 Å². The highest BCUT2D eigenvalue weighted by atomic mass is 19.1. The molecule has 1 aliphatic carbocycles. The summed E-state index contributed by atoms with van der Waals surface area (Å²) in [5, 5.41) is 27.3. The molecule has 1 atom stereocenters. The first kappa shape index (κ1) is 35.7. The summed E-state index contributed by atoms with van der Waals surface area (Å²) >= 11 is 0. The smallest absolute Gasteiger partial charge is 0.228 e. The Morgan fingerprint density at radius 3 is 2.13 bits per heavy atom. The lowest BCUT2D eigenvalue weighted by molar-refractivity contribution is -0.0370. The molecule has 4 aliphatic rings. The average Bonchev–Trinajstić information content (AvgIpc) is 3.82. The Kier molecular flexibility index (Phi) is 9.60. The fraction of sp³-hybridized carbons (Fsp3) is 0.436. The van der Waals surface area contributed by atoms with Gasteiger partial charge in [-0.05, 0) is 68.5 Å². The molecule has 1 saturated carbocycles. The van der Waals surface area contributed by atoms with E-state index < -0.39 is 23.1 Å². The van der Waals surface area contributed by atoms with E-state index in [1.165, 1.54) is 30.7 Å². The number of nitrogens with one attached hydrogen (secondary N) is 1. The summed E-state index contributed by atoms with van der Waals surface area (Å²) < 4.78 is 47.4. The van der Waals surface area contributed by atoms with Gasteiger partial charge in [-0.25, -0.2) is 23.4 Å². The van der Waals surface area contributed by atoms with Crippen LogP contribution in [0.5, 0.6) is 23.3 Å². The number of rotatable bonds is 9. The predicted octanol–water partition coefficient (Wildman–Crippen LogP) is 6.52. The van der Waals surface area contributed by atoms with Crippen molar-refractivity contribution in [2.75, 3.05) is 32.9 Å². The lowest BCUT2D eigenvalue weighted by Crippen LogP contribution is -2.54. The minimum absolute atomic E-state index is 0.0956. The van der Waals surface area contributed by atoms with Gasteiger partial charge in [0.2, 0.25) is 11.8 Å². The van der Waals surface area contributed by atoms with E-state index >= 15 is 0 Å². The number of aromatic hydroxyl groups is 2. The highest BCUT2D eigenvalue weighted by molar-refractivity contribution is 5.87. The van der Waals surface area contributed by atoms with Crippen molar-refractivity contribution in [1.29, 1.82) is 0 Å². The molecular weight excluding hydrogens is 698 g/mol. The number of aliphatic imine (C=N–C) groups is 1. The highest BCUT2D eigenvalue weighted by Crippen LogP contribution is 2.41. The van der Waals surface area contributed by atoms with Crippen LogP contribution in [0.1, 0.15) is 69.9 Å². The Morgan fingerprint density at radius 2 is 1.52 bits per heavy atom. The van der Waals surface area contributed by atoms with Crippen LogP contribution in [0.25, 0.3) is 33.8 Å². The van der Waals surface area contributed by atoms with Crippen molar-refractivity contribution < 1.29 is 33.2 Å². The number of hydrogen-bond acceptors (Lipinski definition) is 12. The third kappa shape index (κ3) is 7.29. The van der Waals surface area contributed by atoms with Crippen LogP contribution in [-0.2, 0) is 11.3 Å². The summed E-state index contributed by atoms with van der Waals surface area (Å²) in [5.41, 5.74) is 3.36. The van der Waals surface area contributed by atoms with E-state index in [1.807, 2.05) is 0 Å². The van der Waals surface area contributed by atoms with Crippen LogP contribution < -0.4 is 14.8 Å². The molecular formula is C39H42F2N8O5. The van der Waals surface area contributed by atoms with Gasteiger partial charge in [-0.1, -0.05) is 20.3 Å². The van der Waals surface area contributed by atoms with Crippen molar-refractivity contribution in [1.82, 2.24) is 35.0 Å². The van der Waals surface area contributed by atoms with Gasteiger partial charge < -0.3 is 29.7 Å². The number of halogens is 2. The van der Waals surface area contributed by atoms with Crippen LogP contribution in [-0.4, -0.2) is 79.1 Å². The van der Waals surface area contributed by atoms with Gasteiger partial charge in [-0.3, -0.25) is 4.99 Å². The van der Waals surface area contributed by atoms with Crippen LogP contribution in [0.3, 0.4) is 0 Å². The predicted molar refractivity (Wildman–Crippen MR) is 196 cm³/mol. The lowest BCUT2D eigenvalue weighted by atomic mass is 9.71. The molecule has 6 heterocycles. The van der Waals surface area contributed by atoms with Crippen LogP contribution >= 0.6 is 0 Å². The number of phenolic OH excluding ortho intramolecular Hbond substituents is 2. The number of benzene rings is 2. The Balaban J connectivity index is 0.000000157. The van der Waals surface area contributed by atoms with Gasteiger partial charge >= 0.3 is 0 Å². The molecule has 3 N–H and O–H groups in total. The van der Waals surface area contributed by atoms with Crippen LogP contribution in [0.2, 0.25) is 0 Å². The molecule has 9 rings (SSSR count). The third-order valence-electron chi connectivity index (χ3n) is 10.5. The number of aromatic nitrogens is 6. The monoisotopic (exact) mass is 740 g/mol. The molecule has 15 heteroatoms. The number of phenols is 2. The zero-order valence-corrected chi connectivity index (χ0v) is 30.2. The minimum atomic E-state index is -0.718. The first-order valence-corrected chi connectivity index (χ1v) is 18.3. The average molecular weight is 741 g/mol. The van der Waals surface area contributed by atoms with E-state index in [9.17, 15) is 19.0 Å². The SMILES string of the molecule is CC1(COc2nc(-c3ccc(O)c(F)c3)nc3c2C=NC3)CNC1.CC1(COc2nc(-c3ccc(O)c(F)c3)nc3c2cnn3C2CCCCO2)CCC1. The summed E-state index contributed by atoms with van der Waals surface area (Å²) in [5.74, 6) is -0.623. The van der Waals surface area contributed by atoms with Gasteiger partial charge in [-0.15, -0.1) is 0 Å². The van der Waals surface area contributed by atoms with Crippen molar-refractivity contribution in [3.05, 3.63) is 65.5 Å². The van der Waals surface area contributed by atoms with E-state index in [2.05, 4.69) is 49.2 Å². The van der Waals surface area contributed by atoms with Crippen LogP contribution in [0, 0.1) is 22.5 Å². The zero-order chi connectivity index (χ0) is 37.5. The Bertz CT molecular complexity index is 2220. The van der Waals surface area contributed by atoms with Crippen molar-refractivity contribution in [3.63, 3.8) is 0 Å². The van der Waals surface area contributed by atoms with Gasteiger partial charge in [-0.2, -0.15) is 15.1 Å². The van der Waals surface area contributed by atoms with Crippen LogP contribution in [0.15, 0.2) is 47.6 Å². The summed E-state index contributed by atoms with van der Waals surface area (Å²) in [6.45, 7) is 8.43. The third-order valence-corrected chi connectivity index (χ3v) is 10.5. The number of nitrogens with zero attached hydrogens (tertiary/aromatic N) is 7. The largest absolute Gasteiger partial charge is 0.505 e. The molecule has 13 nitrogen and oxygen atoms in total. The Hall–Kier alpha value is -5.28. The Morgan fingerprint density at radius 1 is 0.852 bits per heavy atom. The molecule has 0 amide bonds. The molecule has 3 fully saturated rings. The maximum atomic E-state index is 14.0. The van der Waals surface area contributed by atoms with Gasteiger partial charge in [0.15, 0.2) is 46.7 Å². The molecule has 2 aromatic carbocycles. The molecule has 282 valence electrons. The first-order chi connectivity index (χ1) is 26.1. The summed E-state index contributed by atoms with van der Waals surface area (Å²) in [4.78, 5) is 22.4. The molecule has 5 aromatic rings. The maximum absolute atomic E-state index is 14.0. The quantitative estimate of drug-likeness (QED) is 0.151. The standard InChI is InChI=1S/C22H25FN4O3.C17H17FN4O2/c1-22(8-4-9-22)13-30-21-15-12-24-27(18-5-2-3-10-29-18)20(15)25-19(26-21)14-6-7-17(28)16(23)11-14;1-17(7-20-8-17)9-24-16-11-5-19-6-13(11)21-15(22-16)10-2-3-14(23)12(18)4-10/h6-7,11-12,18,28H,2-5,8-10,13H2,1H3;2-5,20,23H,6-9H2,1H3. The number of ether oxygens (including phenoxy) is 3. The van der Waals surface area contributed by atoms with E-state index in [4.69, 9.17) is 14.2 Å². The summed E-state index contributed by atoms with van der Waals surface area (Å²) in [6, 6.07) is 8.21. The first-order valence-electron chi connectivity index (χ1n) is 18.3. The summed E-state index contributed by atoms with van der Waals surface area (Å²) in [7, 11) is 0. The highest BCUT2D eigenvalue weighted by Gasteiger charge is 2.34. The van der Waals surface area contributed by atoms with Crippen LogP contribution in [0.4, 0.5) is 8.78 Å². The van der Waals surface area contributed by atoms with Gasteiger partial charge in [0.05, 0.1) is 37.2 Å². The van der Waals surface area contributed by atoms with E-state index in [1.54, 1.807) is 29.2 Å². The van der Waals surface area contributed by atoms with Gasteiger partial charge in [0.1, 0.15) is 5.39 Å². The second-order valence-corrected chi connectivity index (χ2v) is 15.2. The zero-order valence-electron chi connectivity index (χ0n) is 30.2. The Labute approximate surface area is 310 Å². The minimum Gasteiger partial charge on any atom is -0.505 e. The lowest BCUT2D eigenvalue weighted by Gasteiger charge is -2.38. The second kappa shape index (κ2) is 14.5. The molecule has 0 spiro atoms. The normalized spacial score (nSPS) is 19.3. The molecule has 1 unspecified atom stereocenters. The number of hydrogen-bond donors (Lipinski definition) is 3. The van der Waals surface area contributed by atoms with Crippen molar-refractivity contribution in [3.8, 4) is 46.0 Å². The maximum Gasteiger partial charge on any atom is 0.228 e. The topological polar surface area (TPSA) is 162 Å². The van der Waals surface area contributed by atoms with Crippen molar-refractivity contribution >= 4 is 17.2 Å². The number of fused-ring (bicyclic) bond motifs is 2. The van der Waals surface area contributed by atoms with E-state index in [0.717, 1.165) is 61.8 Å². The second-order valence-electron chi connectivity index (χ2n) is 15.2. The fourth-order valence-electron chi connectivity index (χ4n) is 6.83. The molecule has 0 radical (unpaired) electrons. The van der Waals surface area contributed by atoms with Gasteiger partial charge in [0, 0.05) is 47.9 Å². The molecule has 54 heavy (non-hydrogen) atoms. The molecule has 3 aromatic heterocycles. The summed E-state index contributed by atoms with van der Waals surface area (Å²) in [6.07, 6.45) is 9.68.